The molecule has 3 aromatic rings. The van der Waals surface area contributed by atoms with E-state index in [1.54, 1.807) is 6.20 Å². The predicted octanol–water partition coefficient (Wildman–Crippen LogP) is 4.40. The molecule has 9 heteroatoms. The van der Waals surface area contributed by atoms with Crippen LogP contribution in [-0.2, 0) is 25.7 Å². The molecule has 1 aromatic heterocycles. The van der Waals surface area contributed by atoms with Crippen molar-refractivity contribution in [1.82, 2.24) is 20.9 Å². The third-order valence-electron chi connectivity index (χ3n) is 6.26. The van der Waals surface area contributed by atoms with E-state index < -0.39 is 36.0 Å². The van der Waals surface area contributed by atoms with Crippen LogP contribution in [0.3, 0.4) is 0 Å². The van der Waals surface area contributed by atoms with E-state index in [1.807, 2.05) is 82.3 Å². The first-order valence-corrected chi connectivity index (χ1v) is 13.3. The van der Waals surface area contributed by atoms with Crippen LogP contribution in [0.1, 0.15) is 57.7 Å². The van der Waals surface area contributed by atoms with Gasteiger partial charge in [0.25, 0.3) is 0 Å². The number of aldehydes is 1. The van der Waals surface area contributed by atoms with Gasteiger partial charge in [-0.05, 0) is 36.3 Å². The van der Waals surface area contributed by atoms with Gasteiger partial charge >= 0.3 is 6.09 Å². The van der Waals surface area contributed by atoms with E-state index in [2.05, 4.69) is 20.9 Å². The molecule has 0 aliphatic heterocycles. The number of rotatable bonds is 13. The third-order valence-corrected chi connectivity index (χ3v) is 6.26. The second-order valence-corrected chi connectivity index (χ2v) is 10.5. The highest BCUT2D eigenvalue weighted by Crippen LogP contribution is 2.23. The molecule has 3 rings (SSSR count). The van der Waals surface area contributed by atoms with Gasteiger partial charge in [0.1, 0.15) is 31.0 Å². The number of benzene rings is 2. The molecule has 0 bridgehead atoms. The van der Waals surface area contributed by atoms with Crippen LogP contribution >= 0.6 is 0 Å². The first-order chi connectivity index (χ1) is 18.7. The van der Waals surface area contributed by atoms with Crippen LogP contribution in [-0.4, -0.2) is 41.3 Å². The Morgan fingerprint density at radius 1 is 0.821 bits per heavy atom. The molecular weight excluding hydrogens is 496 g/mol. The van der Waals surface area contributed by atoms with Gasteiger partial charge in [0.05, 0.1) is 0 Å². The molecule has 0 aliphatic carbocycles. The molecule has 3 atom stereocenters. The van der Waals surface area contributed by atoms with Crippen molar-refractivity contribution in [3.05, 3.63) is 71.9 Å². The Balaban J connectivity index is 1.69. The Kier molecular flexibility index (Phi) is 10.7. The number of hydrogen-bond acceptors (Lipinski definition) is 5. The summed E-state index contributed by atoms with van der Waals surface area (Å²) in [5, 5.41) is 9.05. The van der Waals surface area contributed by atoms with Crippen LogP contribution in [0.25, 0.3) is 10.9 Å². The summed E-state index contributed by atoms with van der Waals surface area (Å²) >= 11 is 0. The minimum Gasteiger partial charge on any atom is -0.445 e. The predicted molar refractivity (Wildman–Crippen MR) is 150 cm³/mol. The summed E-state index contributed by atoms with van der Waals surface area (Å²) in [7, 11) is 0. The molecule has 9 nitrogen and oxygen atoms in total. The zero-order valence-corrected chi connectivity index (χ0v) is 22.9. The van der Waals surface area contributed by atoms with Crippen molar-refractivity contribution < 1.29 is 23.9 Å². The lowest BCUT2D eigenvalue weighted by atomic mass is 9.99. The van der Waals surface area contributed by atoms with Gasteiger partial charge in [-0.3, -0.25) is 9.59 Å². The van der Waals surface area contributed by atoms with E-state index in [1.165, 1.54) is 0 Å². The van der Waals surface area contributed by atoms with E-state index in [4.69, 9.17) is 4.74 Å². The van der Waals surface area contributed by atoms with Crippen LogP contribution in [0.4, 0.5) is 4.79 Å². The number of fused-ring (bicyclic) bond motifs is 1. The first-order valence-electron chi connectivity index (χ1n) is 13.3. The van der Waals surface area contributed by atoms with Gasteiger partial charge in [-0.2, -0.15) is 0 Å². The second-order valence-electron chi connectivity index (χ2n) is 10.5. The zero-order chi connectivity index (χ0) is 28.4. The zero-order valence-electron chi connectivity index (χ0n) is 22.9. The smallest absolute Gasteiger partial charge is 0.408 e. The molecule has 0 fully saturated rings. The molecule has 3 amide bonds. The number of para-hydroxylation sites is 1. The molecule has 1 heterocycles. The molecule has 0 unspecified atom stereocenters. The molecular formula is C30H38N4O5. The van der Waals surface area contributed by atoms with Crippen molar-refractivity contribution in [3.63, 3.8) is 0 Å². The van der Waals surface area contributed by atoms with E-state index in [0.717, 1.165) is 16.5 Å². The lowest BCUT2D eigenvalue weighted by molar-refractivity contribution is -0.131. The van der Waals surface area contributed by atoms with E-state index in [0.29, 0.717) is 24.7 Å². The topological polar surface area (TPSA) is 129 Å². The van der Waals surface area contributed by atoms with E-state index >= 15 is 0 Å². The number of carbonyl (C=O) groups is 4. The summed E-state index contributed by atoms with van der Waals surface area (Å²) in [6, 6.07) is 14.0. The summed E-state index contributed by atoms with van der Waals surface area (Å²) in [6.07, 6.45) is 2.36. The maximum atomic E-state index is 13.3. The van der Waals surface area contributed by atoms with Crippen molar-refractivity contribution in [2.75, 3.05) is 0 Å². The highest BCUT2D eigenvalue weighted by atomic mass is 16.5. The van der Waals surface area contributed by atoms with E-state index in [-0.39, 0.29) is 18.4 Å². The molecule has 2 aromatic carbocycles. The number of nitrogens with one attached hydrogen (secondary N) is 4. The molecule has 0 saturated heterocycles. The molecule has 208 valence electrons. The SMILES string of the molecule is CC(C)C[C@H](NC(=O)OCc1ccccc1)C(=O)N[C@@H](CC(C)C)C(=O)N[C@H](C=O)c1c[nH]c2ccccc12. The van der Waals surface area contributed by atoms with E-state index in [9.17, 15) is 19.2 Å². The van der Waals surface area contributed by atoms with Crippen molar-refractivity contribution in [3.8, 4) is 0 Å². The van der Waals surface area contributed by atoms with Crippen LogP contribution < -0.4 is 16.0 Å². The maximum Gasteiger partial charge on any atom is 0.408 e. The van der Waals surface area contributed by atoms with Crippen LogP contribution in [0.15, 0.2) is 60.8 Å². The van der Waals surface area contributed by atoms with Crippen LogP contribution in [0.2, 0.25) is 0 Å². The average Bonchev–Trinajstić information content (AvgIpc) is 3.34. The normalized spacial score (nSPS) is 13.5. The summed E-state index contributed by atoms with van der Waals surface area (Å²) in [5.74, 6) is -0.796. The Morgan fingerprint density at radius 3 is 2.05 bits per heavy atom. The van der Waals surface area contributed by atoms with Crippen molar-refractivity contribution in [2.24, 2.45) is 11.8 Å². The number of hydrogen-bond donors (Lipinski definition) is 4. The number of amides is 3. The van der Waals surface area contributed by atoms with Gasteiger partial charge in [-0.15, -0.1) is 0 Å². The van der Waals surface area contributed by atoms with Gasteiger partial charge in [0.2, 0.25) is 11.8 Å². The molecule has 0 spiro atoms. The Bertz CT molecular complexity index is 1250. The standard InChI is InChI=1S/C30H38N4O5/c1-19(2)14-25(28(36)33-27(17-35)23-16-31-24-13-9-8-12-22(23)24)32-29(37)26(15-20(3)4)34-30(38)39-18-21-10-6-5-7-11-21/h5-13,16-17,19-20,25-27,31H,14-15,18H2,1-4H3,(H,32,37)(H,33,36)(H,34,38)/t25-,26-,27+/m0/s1. The fourth-order valence-corrected chi connectivity index (χ4v) is 4.38. The van der Waals surface area contributed by atoms with Crippen LogP contribution in [0, 0.1) is 11.8 Å². The molecule has 0 radical (unpaired) electrons. The minimum absolute atomic E-state index is 0.0714. The summed E-state index contributed by atoms with van der Waals surface area (Å²) in [6.45, 7) is 7.82. The quantitative estimate of drug-likeness (QED) is 0.242. The number of aromatic nitrogens is 1. The van der Waals surface area contributed by atoms with Gasteiger partial charge in [0, 0.05) is 22.7 Å². The third kappa shape index (κ3) is 8.70. The summed E-state index contributed by atoms with van der Waals surface area (Å²) in [4.78, 5) is 54.2. The minimum atomic E-state index is -0.901. The molecule has 0 saturated carbocycles. The van der Waals surface area contributed by atoms with Crippen molar-refractivity contribution >= 4 is 35.1 Å². The Labute approximate surface area is 229 Å². The maximum absolute atomic E-state index is 13.3. The molecule has 0 aliphatic rings. The molecule has 4 N–H and O–H groups in total. The number of alkyl carbamates (subject to hydrolysis) is 1. The molecule has 39 heavy (non-hydrogen) atoms. The fourth-order valence-electron chi connectivity index (χ4n) is 4.38. The van der Waals surface area contributed by atoms with Crippen LogP contribution in [0.5, 0.6) is 0 Å². The summed E-state index contributed by atoms with van der Waals surface area (Å²) < 4.78 is 5.30. The lowest BCUT2D eigenvalue weighted by Gasteiger charge is -2.26. The number of ether oxygens (including phenoxy) is 1. The number of H-pyrrole nitrogens is 1. The highest BCUT2D eigenvalue weighted by Gasteiger charge is 2.30. The van der Waals surface area contributed by atoms with Gasteiger partial charge in [-0.25, -0.2) is 4.79 Å². The fraction of sp³-hybridized carbons (Fsp3) is 0.400. The number of aromatic amines is 1. The lowest BCUT2D eigenvalue weighted by Crippen LogP contribution is -2.54. The highest BCUT2D eigenvalue weighted by molar-refractivity contribution is 5.93. The van der Waals surface area contributed by atoms with Crippen molar-refractivity contribution in [2.45, 2.75) is 65.3 Å². The number of carbonyl (C=O) groups excluding carboxylic acids is 4. The first kappa shape index (κ1) is 29.4. The van der Waals surface area contributed by atoms with Gasteiger partial charge in [0.15, 0.2) is 0 Å². The average molecular weight is 535 g/mol. The monoisotopic (exact) mass is 534 g/mol. The van der Waals surface area contributed by atoms with Gasteiger partial charge < -0.3 is 30.5 Å². The summed E-state index contributed by atoms with van der Waals surface area (Å²) in [5.41, 5.74) is 2.32. The van der Waals surface area contributed by atoms with Crippen molar-refractivity contribution in [1.29, 1.82) is 0 Å². The largest absolute Gasteiger partial charge is 0.445 e. The Morgan fingerprint density at radius 2 is 1.41 bits per heavy atom. The second kappa shape index (κ2) is 14.1. The Hall–Kier alpha value is -4.14. The van der Waals surface area contributed by atoms with Gasteiger partial charge in [-0.1, -0.05) is 76.2 Å².